The van der Waals surface area contributed by atoms with Crippen LogP contribution in [0.25, 0.3) is 22.4 Å². The van der Waals surface area contributed by atoms with E-state index in [0.29, 0.717) is 47.4 Å². The Labute approximate surface area is 252 Å². The number of aromatic nitrogens is 3. The summed E-state index contributed by atoms with van der Waals surface area (Å²) in [6.45, 7) is 3.03. The molecule has 1 fully saturated rings. The predicted octanol–water partition coefficient (Wildman–Crippen LogP) is 3.39. The van der Waals surface area contributed by atoms with Gasteiger partial charge in [-0.25, -0.2) is 9.78 Å². The molecule has 5 rings (SSSR count). The van der Waals surface area contributed by atoms with Crippen molar-refractivity contribution < 1.29 is 14.3 Å². The number of carbonyl (C=O) groups excluding carboxylic acids is 2. The third-order valence-electron chi connectivity index (χ3n) is 7.49. The fourth-order valence-corrected chi connectivity index (χ4v) is 5.39. The minimum atomic E-state index is -0.696. The molecule has 0 radical (unpaired) electrons. The lowest BCUT2D eigenvalue weighted by Gasteiger charge is -2.16. The Kier molecular flexibility index (Phi) is 8.74. The number of hydrogen-bond acceptors (Lipinski definition) is 7. The lowest BCUT2D eigenvalue weighted by atomic mass is 9.96. The zero-order valence-corrected chi connectivity index (χ0v) is 24.7. The second-order valence-corrected chi connectivity index (χ2v) is 10.6. The average Bonchev–Trinajstić information content (AvgIpc) is 3.42. The van der Waals surface area contributed by atoms with E-state index in [1.54, 1.807) is 19.2 Å². The summed E-state index contributed by atoms with van der Waals surface area (Å²) >= 11 is 6.97. The summed E-state index contributed by atoms with van der Waals surface area (Å²) in [6.07, 6.45) is 2.48. The van der Waals surface area contributed by atoms with E-state index in [2.05, 4.69) is 20.9 Å². The Morgan fingerprint density at radius 3 is 2.58 bits per heavy atom. The van der Waals surface area contributed by atoms with Gasteiger partial charge in [-0.2, -0.15) is 0 Å². The van der Waals surface area contributed by atoms with E-state index in [1.165, 1.54) is 7.05 Å². The molecule has 11 nitrogen and oxygen atoms in total. The van der Waals surface area contributed by atoms with E-state index in [9.17, 15) is 19.2 Å². The molecule has 1 aliphatic rings. The van der Waals surface area contributed by atoms with Gasteiger partial charge in [-0.05, 0) is 36.6 Å². The van der Waals surface area contributed by atoms with E-state index in [0.717, 1.165) is 39.4 Å². The molecule has 4 N–H and O–H groups in total. The molecule has 1 unspecified atom stereocenters. The number of benzene rings is 2. The Morgan fingerprint density at radius 1 is 1.09 bits per heavy atom. The molecule has 4 aromatic rings. The number of nitrogens with zero attached hydrogens (tertiary/aromatic N) is 2. The monoisotopic (exact) mass is 602 g/mol. The molecule has 3 heterocycles. The number of amides is 2. The molecule has 43 heavy (non-hydrogen) atoms. The van der Waals surface area contributed by atoms with Crippen LogP contribution < -0.4 is 31.9 Å². The summed E-state index contributed by atoms with van der Waals surface area (Å²) in [5, 5.41) is 9.55. The molecule has 2 aromatic carbocycles. The lowest BCUT2D eigenvalue weighted by Crippen LogP contribution is -2.37. The predicted molar refractivity (Wildman–Crippen MR) is 165 cm³/mol. The number of methoxy groups -OCH3 is 1. The number of nitrogens with one attached hydrogen (secondary N) is 4. The average molecular weight is 603 g/mol. The number of aromatic amines is 1. The highest BCUT2D eigenvalue weighted by molar-refractivity contribution is 6.36. The highest BCUT2D eigenvalue weighted by atomic mass is 35.5. The molecule has 1 aliphatic heterocycles. The second-order valence-electron chi connectivity index (χ2n) is 10.3. The highest BCUT2D eigenvalue weighted by Gasteiger charge is 2.21. The Balaban J connectivity index is 1.39. The van der Waals surface area contributed by atoms with Gasteiger partial charge in [-0.1, -0.05) is 48.0 Å². The first-order valence-electron chi connectivity index (χ1n) is 13.7. The quantitative estimate of drug-likeness (QED) is 0.230. The fraction of sp³-hybridized carbons (Fsp3) is 0.258. The van der Waals surface area contributed by atoms with Crippen LogP contribution >= 0.6 is 11.6 Å². The highest BCUT2D eigenvalue weighted by Crippen LogP contribution is 2.39. The first-order chi connectivity index (χ1) is 20.7. The Hall–Kier alpha value is -4.74. The van der Waals surface area contributed by atoms with Gasteiger partial charge in [0.1, 0.15) is 5.56 Å². The smallest absolute Gasteiger partial charge is 0.328 e. The number of rotatable bonds is 9. The van der Waals surface area contributed by atoms with Gasteiger partial charge in [0.15, 0.2) is 0 Å². The standard InChI is InChI=1S/C31H31ClN6O5/c1-17-20(6-5-9-24(17)36-28(40)23-16-34-31(42)38(2)30(23)41)21-7-4-8-22(27(21)32)25-12-10-18(29(37-25)43-3)14-33-15-19-11-13-26(39)35-19/h4-10,12,16,19,33H,11,13-15H2,1-3H3,(H,34,42)(H,35,39)(H,36,40). The SMILES string of the molecule is COc1nc(-c2cccc(-c3cccc(NC(=O)c4c[nH]c(=O)n(C)c4=O)c3C)c2Cl)ccc1CNCC1CCC(=O)N1. The van der Waals surface area contributed by atoms with Crippen molar-refractivity contribution in [2.45, 2.75) is 32.4 Å². The Bertz CT molecular complexity index is 1830. The molecule has 0 spiro atoms. The van der Waals surface area contributed by atoms with Gasteiger partial charge in [-0.15, -0.1) is 0 Å². The van der Waals surface area contributed by atoms with Crippen LogP contribution in [0.15, 0.2) is 64.3 Å². The van der Waals surface area contributed by atoms with Crippen molar-refractivity contribution in [1.82, 2.24) is 25.2 Å². The molecule has 0 saturated carbocycles. The van der Waals surface area contributed by atoms with Crippen molar-refractivity contribution in [2.24, 2.45) is 7.05 Å². The van der Waals surface area contributed by atoms with Crippen LogP contribution in [0.3, 0.4) is 0 Å². The normalized spacial score (nSPS) is 14.4. The molecule has 0 bridgehead atoms. The Morgan fingerprint density at radius 2 is 1.84 bits per heavy atom. The van der Waals surface area contributed by atoms with E-state index >= 15 is 0 Å². The van der Waals surface area contributed by atoms with Gasteiger partial charge >= 0.3 is 5.69 Å². The van der Waals surface area contributed by atoms with E-state index < -0.39 is 17.2 Å². The van der Waals surface area contributed by atoms with Crippen LogP contribution in [0.4, 0.5) is 5.69 Å². The zero-order valence-electron chi connectivity index (χ0n) is 23.9. The molecule has 1 atom stereocenters. The topological polar surface area (TPSA) is 147 Å². The summed E-state index contributed by atoms with van der Waals surface area (Å²) in [4.78, 5) is 55.6. The molecular formula is C31H31ClN6O5. The van der Waals surface area contributed by atoms with Crippen LogP contribution in [0.5, 0.6) is 5.88 Å². The van der Waals surface area contributed by atoms with Crippen LogP contribution in [0.1, 0.15) is 34.3 Å². The van der Waals surface area contributed by atoms with Gasteiger partial charge in [0, 0.05) is 61.2 Å². The molecule has 0 aliphatic carbocycles. The maximum absolute atomic E-state index is 12.9. The third kappa shape index (κ3) is 6.23. The minimum absolute atomic E-state index is 0.0825. The van der Waals surface area contributed by atoms with Crippen LogP contribution in [0.2, 0.25) is 5.02 Å². The van der Waals surface area contributed by atoms with Crippen molar-refractivity contribution >= 4 is 29.1 Å². The molecular weight excluding hydrogens is 572 g/mol. The van der Waals surface area contributed by atoms with Gasteiger partial charge in [0.25, 0.3) is 11.5 Å². The number of anilines is 1. The summed E-state index contributed by atoms with van der Waals surface area (Å²) in [6, 6.07) is 15.0. The van der Waals surface area contributed by atoms with Crippen LogP contribution in [-0.4, -0.2) is 46.0 Å². The number of carbonyl (C=O) groups is 2. The van der Waals surface area contributed by atoms with E-state index in [-0.39, 0.29) is 17.5 Å². The number of hydrogen-bond donors (Lipinski definition) is 4. The fourth-order valence-electron chi connectivity index (χ4n) is 5.06. The third-order valence-corrected chi connectivity index (χ3v) is 7.90. The van der Waals surface area contributed by atoms with Gasteiger partial charge < -0.3 is 25.7 Å². The van der Waals surface area contributed by atoms with Crippen molar-refractivity contribution in [1.29, 1.82) is 0 Å². The largest absolute Gasteiger partial charge is 0.481 e. The number of H-pyrrole nitrogens is 1. The number of ether oxygens (including phenoxy) is 1. The van der Waals surface area contributed by atoms with Crippen molar-refractivity contribution in [2.75, 3.05) is 19.0 Å². The van der Waals surface area contributed by atoms with Crippen molar-refractivity contribution in [3.63, 3.8) is 0 Å². The lowest BCUT2D eigenvalue weighted by molar-refractivity contribution is -0.119. The summed E-state index contributed by atoms with van der Waals surface area (Å²) in [5.41, 5.74) is 3.47. The first kappa shape index (κ1) is 29.7. The maximum atomic E-state index is 12.9. The number of pyridine rings is 1. The summed E-state index contributed by atoms with van der Waals surface area (Å²) in [7, 11) is 2.86. The minimum Gasteiger partial charge on any atom is -0.481 e. The zero-order chi connectivity index (χ0) is 30.7. The van der Waals surface area contributed by atoms with Crippen molar-refractivity contribution in [3.8, 4) is 28.3 Å². The first-order valence-corrected chi connectivity index (χ1v) is 14.1. The van der Waals surface area contributed by atoms with E-state index in [1.807, 2.05) is 43.3 Å². The van der Waals surface area contributed by atoms with Crippen LogP contribution in [-0.2, 0) is 18.4 Å². The van der Waals surface area contributed by atoms with Gasteiger partial charge in [-0.3, -0.25) is 19.0 Å². The van der Waals surface area contributed by atoms with E-state index in [4.69, 9.17) is 21.3 Å². The molecule has 12 heteroatoms. The van der Waals surface area contributed by atoms with Gasteiger partial charge in [0.05, 0.1) is 17.8 Å². The van der Waals surface area contributed by atoms with Crippen molar-refractivity contribution in [3.05, 3.63) is 97.3 Å². The second kappa shape index (κ2) is 12.6. The molecule has 2 amide bonds. The molecule has 2 aromatic heterocycles. The molecule has 1 saturated heterocycles. The molecule has 222 valence electrons. The van der Waals surface area contributed by atoms with Crippen LogP contribution in [0, 0.1) is 6.92 Å². The maximum Gasteiger partial charge on any atom is 0.328 e. The number of halogens is 1. The summed E-state index contributed by atoms with van der Waals surface area (Å²) < 4.78 is 6.42. The summed E-state index contributed by atoms with van der Waals surface area (Å²) in [5.74, 6) is -0.0916. The van der Waals surface area contributed by atoms with Gasteiger partial charge in [0.2, 0.25) is 11.8 Å².